The highest BCUT2D eigenvalue weighted by molar-refractivity contribution is 8.19. The highest BCUT2D eigenvalue weighted by Gasteiger charge is 2.07. The molecular formula is C6H11NS2. The van der Waals surface area contributed by atoms with Crippen LogP contribution in [0.5, 0.6) is 0 Å². The molecule has 0 N–H and O–H groups in total. The number of nitrogens with zero attached hydrogens (tertiary/aromatic N) is 1. The quantitative estimate of drug-likeness (QED) is 0.451. The Kier molecular flexibility index (Phi) is 3.55. The summed E-state index contributed by atoms with van der Waals surface area (Å²) < 4.78 is 4.07. The van der Waals surface area contributed by atoms with Crippen molar-refractivity contribution in [3.8, 4) is 0 Å². The van der Waals surface area contributed by atoms with E-state index in [1.54, 1.807) is 16.6 Å². The Morgan fingerprint density at radius 1 is 1.22 bits per heavy atom. The van der Waals surface area contributed by atoms with Gasteiger partial charge in [0.1, 0.15) is 0 Å². The van der Waals surface area contributed by atoms with Gasteiger partial charge in [-0.3, -0.25) is 0 Å². The molecule has 3 heteroatoms. The van der Waals surface area contributed by atoms with Crippen LogP contribution < -0.4 is 0 Å². The molecule has 1 nitrogen and oxygen atoms in total. The van der Waals surface area contributed by atoms with Gasteiger partial charge < -0.3 is 0 Å². The first-order chi connectivity index (χ1) is 4.43. The lowest BCUT2D eigenvalue weighted by atomic mass is 10.2. The van der Waals surface area contributed by atoms with E-state index >= 15 is 0 Å². The largest absolute Gasteiger partial charge is 0.246 e. The standard InChI is InChI=1S/C6H11NS2/c8-6-9-7-4-2-1-3-5-7/h6H,1-5H2. The number of thiocarbonyl (C=S) groups is 1. The lowest BCUT2D eigenvalue weighted by Crippen LogP contribution is -2.22. The molecule has 0 aromatic rings. The van der Waals surface area contributed by atoms with Gasteiger partial charge in [-0.2, -0.15) is 0 Å². The Labute approximate surface area is 65.9 Å². The first-order valence-corrected chi connectivity index (χ1v) is 4.59. The molecule has 0 unspecified atom stereocenters. The fourth-order valence-electron chi connectivity index (χ4n) is 1.03. The van der Waals surface area contributed by atoms with E-state index in [0.29, 0.717) is 0 Å². The van der Waals surface area contributed by atoms with Gasteiger partial charge in [0.15, 0.2) is 0 Å². The molecule has 0 radical (unpaired) electrons. The van der Waals surface area contributed by atoms with Crippen LogP contribution in [0.3, 0.4) is 0 Å². The second kappa shape index (κ2) is 4.25. The van der Waals surface area contributed by atoms with Crippen LogP contribution in [0, 0.1) is 0 Å². The summed E-state index contributed by atoms with van der Waals surface area (Å²) in [5.74, 6) is 0. The molecule has 1 saturated heterocycles. The minimum atomic E-state index is 1.22. The van der Waals surface area contributed by atoms with E-state index in [-0.39, 0.29) is 0 Å². The van der Waals surface area contributed by atoms with E-state index < -0.39 is 0 Å². The van der Waals surface area contributed by atoms with Crippen molar-refractivity contribution in [2.45, 2.75) is 19.3 Å². The summed E-state index contributed by atoms with van der Waals surface area (Å²) in [6.45, 7) is 2.44. The van der Waals surface area contributed by atoms with Crippen LogP contribution in [0.4, 0.5) is 0 Å². The molecule has 1 fully saturated rings. The summed E-state index contributed by atoms with van der Waals surface area (Å²) >= 11 is 6.40. The van der Waals surface area contributed by atoms with E-state index in [0.717, 1.165) is 0 Å². The molecule has 0 aromatic carbocycles. The minimum absolute atomic E-state index is 1.22. The Morgan fingerprint density at radius 3 is 2.44 bits per heavy atom. The van der Waals surface area contributed by atoms with Crippen LogP contribution in [0.25, 0.3) is 0 Å². The van der Waals surface area contributed by atoms with Gasteiger partial charge in [0.25, 0.3) is 0 Å². The van der Waals surface area contributed by atoms with Crippen LogP contribution in [0.1, 0.15) is 19.3 Å². The second-order valence-corrected chi connectivity index (χ2v) is 3.69. The van der Waals surface area contributed by atoms with Crippen molar-refractivity contribution in [3.63, 3.8) is 0 Å². The topological polar surface area (TPSA) is 3.24 Å². The normalized spacial score (nSPS) is 21.8. The van der Waals surface area contributed by atoms with E-state index in [1.807, 2.05) is 0 Å². The second-order valence-electron chi connectivity index (χ2n) is 2.19. The van der Waals surface area contributed by atoms with E-state index in [9.17, 15) is 0 Å². The van der Waals surface area contributed by atoms with Crippen molar-refractivity contribution in [1.82, 2.24) is 4.31 Å². The smallest absolute Gasteiger partial charge is 0.0499 e. The molecule has 1 rings (SSSR count). The first kappa shape index (κ1) is 7.51. The highest BCUT2D eigenvalue weighted by atomic mass is 32.2. The molecule has 52 valence electrons. The zero-order valence-electron chi connectivity index (χ0n) is 5.38. The first-order valence-electron chi connectivity index (χ1n) is 3.29. The van der Waals surface area contributed by atoms with Crippen molar-refractivity contribution >= 4 is 28.9 Å². The number of hydrogen-bond acceptors (Lipinski definition) is 3. The Balaban J connectivity index is 2.15. The molecule has 0 amide bonds. The predicted octanol–water partition coefficient (Wildman–Crippen LogP) is 2.08. The number of rotatable bonds is 2. The third-order valence-electron chi connectivity index (χ3n) is 1.51. The van der Waals surface area contributed by atoms with Crippen molar-refractivity contribution < 1.29 is 0 Å². The van der Waals surface area contributed by atoms with Gasteiger partial charge >= 0.3 is 0 Å². The Bertz CT molecular complexity index is 89.1. The van der Waals surface area contributed by atoms with E-state index in [4.69, 9.17) is 12.2 Å². The molecule has 1 heterocycles. The summed E-state index contributed by atoms with van der Waals surface area (Å²) in [6.07, 6.45) is 4.08. The summed E-state index contributed by atoms with van der Waals surface area (Å²) in [7, 11) is 0. The number of hydrogen-bond donors (Lipinski definition) is 0. The Morgan fingerprint density at radius 2 is 1.89 bits per heavy atom. The van der Waals surface area contributed by atoms with Crippen molar-refractivity contribution in [2.24, 2.45) is 0 Å². The molecule has 0 atom stereocenters. The molecule has 0 spiro atoms. The molecule has 1 aliphatic heterocycles. The third kappa shape index (κ3) is 2.65. The van der Waals surface area contributed by atoms with Crippen LogP contribution in [0.15, 0.2) is 0 Å². The fourth-order valence-corrected chi connectivity index (χ4v) is 1.99. The summed E-state index contributed by atoms with van der Waals surface area (Å²) in [5, 5.41) is 0. The van der Waals surface area contributed by atoms with Crippen molar-refractivity contribution in [2.75, 3.05) is 13.1 Å². The summed E-state index contributed by atoms with van der Waals surface area (Å²) in [5.41, 5.74) is 0. The van der Waals surface area contributed by atoms with Crippen LogP contribution in [-0.4, -0.2) is 22.1 Å². The molecule has 0 aromatic heterocycles. The molecule has 0 bridgehead atoms. The highest BCUT2D eigenvalue weighted by Crippen LogP contribution is 2.15. The van der Waals surface area contributed by atoms with Gasteiger partial charge in [-0.15, -0.1) is 0 Å². The molecular weight excluding hydrogens is 150 g/mol. The average Bonchev–Trinajstić information content (AvgIpc) is 1.91. The average molecular weight is 161 g/mol. The maximum Gasteiger partial charge on any atom is 0.0499 e. The zero-order chi connectivity index (χ0) is 6.53. The molecule has 0 aliphatic carbocycles. The van der Waals surface area contributed by atoms with Crippen LogP contribution in [-0.2, 0) is 0 Å². The maximum absolute atomic E-state index is 4.73. The zero-order valence-corrected chi connectivity index (χ0v) is 7.01. The van der Waals surface area contributed by atoms with Gasteiger partial charge in [0, 0.05) is 17.8 Å². The lowest BCUT2D eigenvalue weighted by molar-refractivity contribution is 0.383. The van der Waals surface area contributed by atoms with Gasteiger partial charge in [-0.25, -0.2) is 4.31 Å². The third-order valence-corrected chi connectivity index (χ3v) is 2.51. The lowest BCUT2D eigenvalue weighted by Gasteiger charge is -2.22. The van der Waals surface area contributed by atoms with Gasteiger partial charge in [-0.05, 0) is 24.8 Å². The molecule has 1 aliphatic rings. The molecule has 9 heavy (non-hydrogen) atoms. The van der Waals surface area contributed by atoms with Gasteiger partial charge in [-0.1, -0.05) is 18.6 Å². The minimum Gasteiger partial charge on any atom is -0.246 e. The fraction of sp³-hybridized carbons (Fsp3) is 0.833. The van der Waals surface area contributed by atoms with E-state index in [2.05, 4.69) is 4.31 Å². The summed E-state index contributed by atoms with van der Waals surface area (Å²) in [6, 6.07) is 0. The summed E-state index contributed by atoms with van der Waals surface area (Å²) in [4.78, 5) is 0. The molecule has 0 saturated carbocycles. The monoisotopic (exact) mass is 161 g/mol. The van der Waals surface area contributed by atoms with Gasteiger partial charge in [0.2, 0.25) is 0 Å². The Hall–Kier alpha value is 0.400. The van der Waals surface area contributed by atoms with Crippen LogP contribution in [0.2, 0.25) is 0 Å². The van der Waals surface area contributed by atoms with Crippen LogP contribution >= 0.6 is 24.2 Å². The number of piperidine rings is 1. The van der Waals surface area contributed by atoms with E-state index in [1.165, 1.54) is 32.4 Å². The SMILES string of the molecule is S=CSN1CCCCC1. The van der Waals surface area contributed by atoms with Crippen molar-refractivity contribution in [1.29, 1.82) is 0 Å². The predicted molar refractivity (Wildman–Crippen MR) is 46.7 cm³/mol. The van der Waals surface area contributed by atoms with Crippen molar-refractivity contribution in [3.05, 3.63) is 0 Å². The maximum atomic E-state index is 4.73. The van der Waals surface area contributed by atoms with Gasteiger partial charge in [0.05, 0.1) is 0 Å².